The predicted molar refractivity (Wildman–Crippen MR) is 100 cm³/mol. The lowest BCUT2D eigenvalue weighted by Gasteiger charge is -2.30. The van der Waals surface area contributed by atoms with Crippen molar-refractivity contribution < 1.29 is 4.79 Å². The summed E-state index contributed by atoms with van der Waals surface area (Å²) in [6.07, 6.45) is 0.970. The Bertz CT molecular complexity index is 686. The molecule has 126 valence electrons. The summed E-state index contributed by atoms with van der Waals surface area (Å²) in [6.45, 7) is 5.95. The number of carbonyl (C=O) groups excluding carboxylic acids is 1. The Morgan fingerprint density at radius 1 is 1.43 bits per heavy atom. The zero-order chi connectivity index (χ0) is 15.7. The smallest absolute Gasteiger partial charge is 0.263 e. The van der Waals surface area contributed by atoms with Crippen LogP contribution in [-0.4, -0.2) is 30.0 Å². The van der Waals surface area contributed by atoms with Gasteiger partial charge in [0.2, 0.25) is 0 Å². The number of piperidine rings is 1. The highest BCUT2D eigenvalue weighted by Gasteiger charge is 2.25. The van der Waals surface area contributed by atoms with Gasteiger partial charge in [0, 0.05) is 6.04 Å². The Hall–Kier alpha value is -0.660. The molecular weight excluding hydrogens is 373 g/mol. The fourth-order valence-electron chi connectivity index (χ4n) is 2.60. The van der Waals surface area contributed by atoms with Crippen molar-refractivity contribution in [1.82, 2.24) is 15.6 Å². The highest BCUT2D eigenvalue weighted by atomic mass is 35.5. The quantitative estimate of drug-likeness (QED) is 0.831. The monoisotopic (exact) mass is 391 g/mol. The van der Waals surface area contributed by atoms with Crippen LogP contribution >= 0.6 is 46.7 Å². The summed E-state index contributed by atoms with van der Waals surface area (Å²) in [7, 11) is 0. The second-order valence-corrected chi connectivity index (χ2v) is 8.30. The standard InChI is InChI=1S/C15H18ClN3OS2.ClH/c1-8-7-17-6-5-10(8)19-14(20)13-9(2)18-15(22-13)11-3-4-12(16)21-11;/h3-4,8,10,17H,5-7H2,1-2H3,(H,19,20);1H. The molecule has 1 amide bonds. The number of thiophene rings is 1. The number of nitrogens with one attached hydrogen (secondary N) is 2. The fourth-order valence-corrected chi connectivity index (χ4v) is 4.67. The number of nitrogens with zero attached hydrogens (tertiary/aromatic N) is 1. The second-order valence-electron chi connectivity index (χ2n) is 5.59. The lowest BCUT2D eigenvalue weighted by molar-refractivity contribution is 0.0917. The molecule has 1 fully saturated rings. The van der Waals surface area contributed by atoms with Gasteiger partial charge in [-0.2, -0.15) is 0 Å². The summed E-state index contributed by atoms with van der Waals surface area (Å²) in [5, 5.41) is 7.37. The minimum absolute atomic E-state index is 0. The van der Waals surface area contributed by atoms with E-state index in [9.17, 15) is 4.79 Å². The highest BCUT2D eigenvalue weighted by Crippen LogP contribution is 2.35. The zero-order valence-electron chi connectivity index (χ0n) is 12.9. The van der Waals surface area contributed by atoms with Crippen LogP contribution < -0.4 is 10.6 Å². The van der Waals surface area contributed by atoms with Crippen molar-refractivity contribution >= 4 is 52.6 Å². The van der Waals surface area contributed by atoms with Crippen LogP contribution in [0.4, 0.5) is 0 Å². The molecule has 0 saturated carbocycles. The second kappa shape index (κ2) is 7.94. The number of thiazole rings is 1. The summed E-state index contributed by atoms with van der Waals surface area (Å²) >= 11 is 8.90. The Morgan fingerprint density at radius 2 is 2.22 bits per heavy atom. The fraction of sp³-hybridized carbons (Fsp3) is 0.467. The molecule has 1 saturated heterocycles. The molecule has 2 unspecified atom stereocenters. The first kappa shape index (κ1) is 18.7. The number of carbonyl (C=O) groups is 1. The van der Waals surface area contributed by atoms with Gasteiger partial charge in [0.1, 0.15) is 9.88 Å². The van der Waals surface area contributed by atoms with E-state index in [0.717, 1.165) is 39.4 Å². The number of halogens is 2. The van der Waals surface area contributed by atoms with Crippen molar-refractivity contribution in [2.75, 3.05) is 13.1 Å². The molecule has 0 aromatic carbocycles. The van der Waals surface area contributed by atoms with Crippen molar-refractivity contribution in [2.24, 2.45) is 5.92 Å². The van der Waals surface area contributed by atoms with Crippen LogP contribution in [0.3, 0.4) is 0 Å². The van der Waals surface area contributed by atoms with Crippen molar-refractivity contribution in [2.45, 2.75) is 26.3 Å². The molecule has 23 heavy (non-hydrogen) atoms. The van der Waals surface area contributed by atoms with Gasteiger partial charge >= 0.3 is 0 Å². The summed E-state index contributed by atoms with van der Waals surface area (Å²) < 4.78 is 0.734. The van der Waals surface area contributed by atoms with Gasteiger partial charge in [-0.15, -0.1) is 35.1 Å². The van der Waals surface area contributed by atoms with E-state index < -0.39 is 0 Å². The molecule has 0 bridgehead atoms. The molecule has 1 aliphatic heterocycles. The summed E-state index contributed by atoms with van der Waals surface area (Å²) in [6, 6.07) is 4.03. The molecule has 4 nitrogen and oxygen atoms in total. The third kappa shape index (κ3) is 4.25. The topological polar surface area (TPSA) is 54.0 Å². The van der Waals surface area contributed by atoms with Crippen LogP contribution in [0.25, 0.3) is 9.88 Å². The third-order valence-electron chi connectivity index (χ3n) is 3.89. The van der Waals surface area contributed by atoms with Crippen LogP contribution in [-0.2, 0) is 0 Å². The van der Waals surface area contributed by atoms with E-state index >= 15 is 0 Å². The van der Waals surface area contributed by atoms with Gasteiger partial charge in [-0.3, -0.25) is 4.79 Å². The molecule has 1 aliphatic rings. The molecule has 2 N–H and O–H groups in total. The lowest BCUT2D eigenvalue weighted by Crippen LogP contribution is -2.48. The first-order chi connectivity index (χ1) is 10.5. The van der Waals surface area contributed by atoms with E-state index in [1.807, 2.05) is 19.1 Å². The molecule has 2 aromatic rings. The molecular formula is C15H19Cl2N3OS2. The van der Waals surface area contributed by atoms with Gasteiger partial charge < -0.3 is 10.6 Å². The van der Waals surface area contributed by atoms with Crippen LogP contribution in [0.2, 0.25) is 4.34 Å². The average Bonchev–Trinajstić information content (AvgIpc) is 3.07. The van der Waals surface area contributed by atoms with Crippen LogP contribution in [0.5, 0.6) is 0 Å². The largest absolute Gasteiger partial charge is 0.348 e. The molecule has 0 spiro atoms. The van der Waals surface area contributed by atoms with E-state index in [0.29, 0.717) is 10.8 Å². The van der Waals surface area contributed by atoms with Crippen molar-refractivity contribution in [3.8, 4) is 9.88 Å². The molecule has 2 aromatic heterocycles. The summed E-state index contributed by atoms with van der Waals surface area (Å²) in [5.41, 5.74) is 0.781. The minimum Gasteiger partial charge on any atom is -0.348 e. The van der Waals surface area contributed by atoms with E-state index in [1.54, 1.807) is 0 Å². The van der Waals surface area contributed by atoms with E-state index in [4.69, 9.17) is 11.6 Å². The zero-order valence-corrected chi connectivity index (χ0v) is 16.1. The Labute approximate surface area is 155 Å². The Kier molecular flexibility index (Phi) is 6.45. The Balaban J connectivity index is 0.00000192. The number of aryl methyl sites for hydroxylation is 1. The number of hydrogen-bond donors (Lipinski definition) is 2. The lowest BCUT2D eigenvalue weighted by atomic mass is 9.95. The van der Waals surface area contributed by atoms with Gasteiger partial charge in [0.25, 0.3) is 5.91 Å². The van der Waals surface area contributed by atoms with Crippen molar-refractivity contribution in [1.29, 1.82) is 0 Å². The normalized spacial score (nSPS) is 20.8. The third-order valence-corrected chi connectivity index (χ3v) is 6.45. The first-order valence-corrected chi connectivity index (χ1v) is 9.30. The number of hydrogen-bond acceptors (Lipinski definition) is 5. The maximum absolute atomic E-state index is 12.5. The maximum Gasteiger partial charge on any atom is 0.263 e. The van der Waals surface area contributed by atoms with Gasteiger partial charge in [-0.05, 0) is 44.5 Å². The summed E-state index contributed by atoms with van der Waals surface area (Å²) in [5.74, 6) is 0.434. The average molecular weight is 392 g/mol. The first-order valence-electron chi connectivity index (χ1n) is 7.29. The van der Waals surface area contributed by atoms with E-state index in [2.05, 4.69) is 22.5 Å². The molecule has 3 rings (SSSR count). The molecule has 0 aliphatic carbocycles. The van der Waals surface area contributed by atoms with Gasteiger partial charge in [0.05, 0.1) is 14.9 Å². The number of rotatable bonds is 3. The summed E-state index contributed by atoms with van der Waals surface area (Å²) in [4.78, 5) is 18.8. The van der Waals surface area contributed by atoms with Gasteiger partial charge in [-0.1, -0.05) is 18.5 Å². The van der Waals surface area contributed by atoms with Crippen LogP contribution in [0.15, 0.2) is 12.1 Å². The molecule has 2 atom stereocenters. The van der Waals surface area contributed by atoms with Crippen LogP contribution in [0, 0.1) is 12.8 Å². The van der Waals surface area contributed by atoms with Gasteiger partial charge in [0.15, 0.2) is 0 Å². The SMILES string of the molecule is Cc1nc(-c2ccc(Cl)s2)sc1C(=O)NC1CCNCC1C.Cl. The van der Waals surface area contributed by atoms with E-state index in [-0.39, 0.29) is 24.4 Å². The molecule has 0 radical (unpaired) electrons. The Morgan fingerprint density at radius 3 is 2.87 bits per heavy atom. The molecule has 8 heteroatoms. The minimum atomic E-state index is -0.0114. The van der Waals surface area contributed by atoms with Crippen molar-refractivity contribution in [3.05, 3.63) is 27.0 Å². The van der Waals surface area contributed by atoms with Crippen molar-refractivity contribution in [3.63, 3.8) is 0 Å². The predicted octanol–water partition coefficient (Wildman–Crippen LogP) is 3.98. The highest BCUT2D eigenvalue weighted by molar-refractivity contribution is 7.24. The maximum atomic E-state index is 12.5. The van der Waals surface area contributed by atoms with Crippen LogP contribution in [0.1, 0.15) is 28.7 Å². The molecule has 3 heterocycles. The van der Waals surface area contributed by atoms with E-state index in [1.165, 1.54) is 22.7 Å². The number of amides is 1. The van der Waals surface area contributed by atoms with Gasteiger partial charge in [-0.25, -0.2) is 4.98 Å². The number of aromatic nitrogens is 1.